The van der Waals surface area contributed by atoms with Crippen molar-refractivity contribution in [1.29, 1.82) is 0 Å². The van der Waals surface area contributed by atoms with Crippen molar-refractivity contribution >= 4 is 11.6 Å². The van der Waals surface area contributed by atoms with Crippen LogP contribution in [0, 0.1) is 13.8 Å². The molecule has 0 aliphatic rings. The van der Waals surface area contributed by atoms with E-state index < -0.39 is 12.5 Å². The maximum Gasteiger partial charge on any atom is 0.387 e. The number of rotatable bonds is 7. The first-order chi connectivity index (χ1) is 13.4. The summed E-state index contributed by atoms with van der Waals surface area (Å²) in [6, 6.07) is 13.1. The van der Waals surface area contributed by atoms with Gasteiger partial charge in [0.25, 0.3) is 5.91 Å². The molecule has 1 aromatic heterocycles. The molecule has 1 N–H and O–H groups in total. The lowest BCUT2D eigenvalue weighted by atomic mass is 10.2. The third-order valence-corrected chi connectivity index (χ3v) is 4.00. The predicted molar refractivity (Wildman–Crippen MR) is 97.8 cm³/mol. The predicted octanol–water partition coefficient (Wildman–Crippen LogP) is 4.72. The molecular formula is C20H18F2N2O4. The second-order valence-electron chi connectivity index (χ2n) is 5.98. The zero-order valence-corrected chi connectivity index (χ0v) is 15.2. The molecule has 1 heterocycles. The van der Waals surface area contributed by atoms with Crippen LogP contribution in [0.1, 0.15) is 27.4 Å². The number of aryl methyl sites for hydroxylation is 2. The average Bonchev–Trinajstić information content (AvgIpc) is 3.03. The number of anilines is 1. The molecule has 3 aromatic rings. The van der Waals surface area contributed by atoms with Crippen molar-refractivity contribution in [3.63, 3.8) is 0 Å². The molecule has 0 saturated heterocycles. The van der Waals surface area contributed by atoms with E-state index in [1.165, 1.54) is 24.3 Å². The standard InChI is InChI=1S/C20H18F2N2O4/c1-12-5-3-4-6-17(12)26-11-16-13(2)28-24-18(16)19(25)23-14-7-9-15(10-8-14)27-20(21)22/h3-10,20H,11H2,1-2H3,(H,23,25). The van der Waals surface area contributed by atoms with Crippen molar-refractivity contribution in [1.82, 2.24) is 5.16 Å². The topological polar surface area (TPSA) is 73.6 Å². The van der Waals surface area contributed by atoms with Crippen LogP contribution in [0.4, 0.5) is 14.5 Å². The highest BCUT2D eigenvalue weighted by Gasteiger charge is 2.21. The zero-order valence-electron chi connectivity index (χ0n) is 15.2. The van der Waals surface area contributed by atoms with Crippen LogP contribution in [-0.4, -0.2) is 17.7 Å². The summed E-state index contributed by atoms with van der Waals surface area (Å²) in [5, 5.41) is 6.45. The number of para-hydroxylation sites is 1. The van der Waals surface area contributed by atoms with Gasteiger partial charge in [-0.25, -0.2) is 0 Å². The summed E-state index contributed by atoms with van der Waals surface area (Å²) < 4.78 is 39.6. The Morgan fingerprint density at radius 2 is 1.86 bits per heavy atom. The molecule has 1 amide bonds. The summed E-state index contributed by atoms with van der Waals surface area (Å²) in [4.78, 5) is 12.5. The summed E-state index contributed by atoms with van der Waals surface area (Å²) in [5.41, 5.74) is 1.99. The number of hydrogen-bond donors (Lipinski definition) is 1. The Balaban J connectivity index is 1.70. The average molecular weight is 388 g/mol. The Morgan fingerprint density at radius 3 is 2.54 bits per heavy atom. The summed E-state index contributed by atoms with van der Waals surface area (Å²) in [6.07, 6.45) is 0. The van der Waals surface area contributed by atoms with E-state index in [9.17, 15) is 13.6 Å². The van der Waals surface area contributed by atoms with E-state index in [4.69, 9.17) is 9.26 Å². The van der Waals surface area contributed by atoms with E-state index in [2.05, 4.69) is 15.2 Å². The molecule has 0 aliphatic carbocycles. The zero-order chi connectivity index (χ0) is 20.1. The fourth-order valence-corrected chi connectivity index (χ4v) is 2.52. The highest BCUT2D eigenvalue weighted by Crippen LogP contribution is 2.22. The summed E-state index contributed by atoms with van der Waals surface area (Å²) >= 11 is 0. The van der Waals surface area contributed by atoms with Crippen molar-refractivity contribution in [3.8, 4) is 11.5 Å². The number of halogens is 2. The molecule has 8 heteroatoms. The largest absolute Gasteiger partial charge is 0.488 e. The fourth-order valence-electron chi connectivity index (χ4n) is 2.52. The minimum absolute atomic E-state index is 0.00222. The number of carbonyl (C=O) groups is 1. The van der Waals surface area contributed by atoms with E-state index in [-0.39, 0.29) is 18.1 Å². The molecule has 146 valence electrons. The number of nitrogens with zero attached hydrogens (tertiary/aromatic N) is 1. The number of ether oxygens (including phenoxy) is 2. The highest BCUT2D eigenvalue weighted by atomic mass is 19.3. The lowest BCUT2D eigenvalue weighted by Gasteiger charge is -2.09. The third kappa shape index (κ3) is 4.64. The molecule has 0 bridgehead atoms. The number of aromatic nitrogens is 1. The van der Waals surface area contributed by atoms with E-state index in [0.29, 0.717) is 22.8 Å². The monoisotopic (exact) mass is 388 g/mol. The first-order valence-corrected chi connectivity index (χ1v) is 8.44. The van der Waals surface area contributed by atoms with E-state index >= 15 is 0 Å². The molecule has 0 fully saturated rings. The van der Waals surface area contributed by atoms with Crippen molar-refractivity contribution in [2.45, 2.75) is 27.1 Å². The minimum atomic E-state index is -2.91. The van der Waals surface area contributed by atoms with Crippen LogP contribution >= 0.6 is 0 Å². The molecule has 2 aromatic carbocycles. The van der Waals surface area contributed by atoms with Crippen LogP contribution in [0.3, 0.4) is 0 Å². The molecule has 0 atom stereocenters. The Hall–Kier alpha value is -3.42. The molecule has 0 radical (unpaired) electrons. The molecular weight excluding hydrogens is 370 g/mol. The Bertz CT molecular complexity index is 955. The first-order valence-electron chi connectivity index (χ1n) is 8.44. The van der Waals surface area contributed by atoms with E-state index in [1.54, 1.807) is 6.92 Å². The first kappa shape index (κ1) is 19.3. The Kier molecular flexibility index (Phi) is 5.88. The van der Waals surface area contributed by atoms with Gasteiger partial charge >= 0.3 is 6.61 Å². The quantitative estimate of drug-likeness (QED) is 0.634. The van der Waals surface area contributed by atoms with Gasteiger partial charge in [-0.1, -0.05) is 23.4 Å². The number of nitrogens with one attached hydrogen (secondary N) is 1. The van der Waals surface area contributed by atoms with Crippen LogP contribution in [-0.2, 0) is 6.61 Å². The normalized spacial score (nSPS) is 10.8. The molecule has 28 heavy (non-hydrogen) atoms. The summed E-state index contributed by atoms with van der Waals surface area (Å²) in [5.74, 6) is 0.670. The van der Waals surface area contributed by atoms with Gasteiger partial charge in [0.1, 0.15) is 23.9 Å². The van der Waals surface area contributed by atoms with Crippen LogP contribution in [0.15, 0.2) is 53.1 Å². The van der Waals surface area contributed by atoms with Gasteiger partial charge in [0.05, 0.1) is 5.56 Å². The van der Waals surface area contributed by atoms with Gasteiger partial charge in [0.2, 0.25) is 0 Å². The SMILES string of the molecule is Cc1ccccc1OCc1c(C(=O)Nc2ccc(OC(F)F)cc2)noc1C. The molecule has 0 aliphatic heterocycles. The van der Waals surface area contributed by atoms with E-state index in [0.717, 1.165) is 5.56 Å². The van der Waals surface area contributed by atoms with Gasteiger partial charge in [-0.05, 0) is 49.7 Å². The van der Waals surface area contributed by atoms with Crippen LogP contribution < -0.4 is 14.8 Å². The van der Waals surface area contributed by atoms with Gasteiger partial charge in [-0.15, -0.1) is 0 Å². The van der Waals surface area contributed by atoms with Crippen LogP contribution in [0.2, 0.25) is 0 Å². The second kappa shape index (κ2) is 8.51. The maximum absolute atomic E-state index is 12.5. The smallest absolute Gasteiger partial charge is 0.387 e. The fraction of sp³-hybridized carbons (Fsp3) is 0.200. The molecule has 3 rings (SSSR count). The number of carbonyl (C=O) groups excluding carboxylic acids is 1. The Morgan fingerprint density at radius 1 is 1.14 bits per heavy atom. The van der Waals surface area contributed by atoms with Crippen LogP contribution in [0.25, 0.3) is 0 Å². The summed E-state index contributed by atoms with van der Waals surface area (Å²) in [7, 11) is 0. The summed E-state index contributed by atoms with van der Waals surface area (Å²) in [6.45, 7) is 0.820. The third-order valence-electron chi connectivity index (χ3n) is 4.00. The van der Waals surface area contributed by atoms with Gasteiger partial charge in [0.15, 0.2) is 5.69 Å². The van der Waals surface area contributed by atoms with Gasteiger partial charge in [-0.3, -0.25) is 4.79 Å². The van der Waals surface area contributed by atoms with Gasteiger partial charge < -0.3 is 19.3 Å². The molecule has 0 saturated carbocycles. The minimum Gasteiger partial charge on any atom is -0.488 e. The van der Waals surface area contributed by atoms with Gasteiger partial charge in [-0.2, -0.15) is 8.78 Å². The van der Waals surface area contributed by atoms with E-state index in [1.807, 2.05) is 31.2 Å². The highest BCUT2D eigenvalue weighted by molar-refractivity contribution is 6.03. The van der Waals surface area contributed by atoms with Crippen molar-refractivity contribution < 1.29 is 27.6 Å². The van der Waals surface area contributed by atoms with Crippen molar-refractivity contribution in [3.05, 3.63) is 71.1 Å². The van der Waals surface area contributed by atoms with Crippen molar-refractivity contribution in [2.24, 2.45) is 0 Å². The Labute approximate surface area is 160 Å². The second-order valence-corrected chi connectivity index (χ2v) is 5.98. The number of amides is 1. The molecule has 0 spiro atoms. The van der Waals surface area contributed by atoms with Gasteiger partial charge in [0, 0.05) is 5.69 Å². The number of benzene rings is 2. The lowest BCUT2D eigenvalue weighted by molar-refractivity contribution is -0.0498. The maximum atomic E-state index is 12.5. The number of hydrogen-bond acceptors (Lipinski definition) is 5. The molecule has 6 nitrogen and oxygen atoms in total. The number of alkyl halides is 2. The lowest BCUT2D eigenvalue weighted by Crippen LogP contribution is -2.15. The van der Waals surface area contributed by atoms with Crippen LogP contribution in [0.5, 0.6) is 11.5 Å². The molecule has 0 unspecified atom stereocenters. The van der Waals surface area contributed by atoms with Crippen molar-refractivity contribution in [2.75, 3.05) is 5.32 Å².